The van der Waals surface area contributed by atoms with Gasteiger partial charge in [-0.15, -0.1) is 0 Å². The van der Waals surface area contributed by atoms with Crippen molar-refractivity contribution >= 4 is 60.2 Å². The van der Waals surface area contributed by atoms with Crippen LogP contribution in [0.2, 0.25) is 0 Å². The smallest absolute Gasteiger partial charge is 0.0726 e. The summed E-state index contributed by atoms with van der Waals surface area (Å²) in [5.74, 6) is 0. The van der Waals surface area contributed by atoms with Crippen LogP contribution in [0.5, 0.6) is 0 Å². The van der Waals surface area contributed by atoms with Crippen molar-refractivity contribution in [2.75, 3.05) is 4.90 Å². The summed E-state index contributed by atoms with van der Waals surface area (Å²) in [5.41, 5.74) is 21.8. The molecular formula is C70H47N. The second kappa shape index (κ2) is 14.5. The summed E-state index contributed by atoms with van der Waals surface area (Å²) in [5, 5.41) is 10.2. The van der Waals surface area contributed by atoms with Crippen molar-refractivity contribution in [1.82, 2.24) is 0 Å². The van der Waals surface area contributed by atoms with Crippen LogP contribution in [0.4, 0.5) is 17.1 Å². The van der Waals surface area contributed by atoms with E-state index in [1.165, 1.54) is 145 Å². The zero-order valence-corrected chi connectivity index (χ0v) is 39.3. The van der Waals surface area contributed by atoms with Gasteiger partial charge in [0.1, 0.15) is 0 Å². The van der Waals surface area contributed by atoms with Gasteiger partial charge in [0, 0.05) is 16.7 Å². The van der Waals surface area contributed by atoms with Crippen LogP contribution in [0.1, 0.15) is 59.1 Å². The molecular weight excluding hydrogens is 855 g/mol. The zero-order valence-electron chi connectivity index (χ0n) is 39.3. The van der Waals surface area contributed by atoms with Gasteiger partial charge in [0.05, 0.1) is 16.8 Å². The Bertz CT molecular complexity index is 4180. The van der Waals surface area contributed by atoms with Gasteiger partial charge in [-0.25, -0.2) is 0 Å². The lowest BCUT2D eigenvalue weighted by Gasteiger charge is -2.36. The predicted octanol–water partition coefficient (Wildman–Crippen LogP) is 18.6. The molecule has 16 rings (SSSR count). The van der Waals surface area contributed by atoms with Crippen molar-refractivity contribution in [3.05, 3.63) is 270 Å². The Hall–Kier alpha value is -8.52. The fourth-order valence-corrected chi connectivity index (χ4v) is 14.6. The number of fused-ring (bicyclic) bond motifs is 22. The SMILES string of the molecule is c1ccc2c(c1)-c1cccc(N(c3ccc4c5ccccc5c5ccccc5c4c3)c3cc4c(cc3-c3ccc5ccccc5c3)-c3ccccc3C43c4ccccc4-c4ccccc43)c1C21CCCC1. The first-order valence-electron chi connectivity index (χ1n) is 25.5. The first-order chi connectivity index (χ1) is 35.2. The lowest BCUT2D eigenvalue weighted by atomic mass is 9.70. The first kappa shape index (κ1) is 39.3. The van der Waals surface area contributed by atoms with Crippen molar-refractivity contribution in [2.24, 2.45) is 0 Å². The third-order valence-corrected chi connectivity index (χ3v) is 17.4. The monoisotopic (exact) mass is 901 g/mol. The molecule has 0 unspecified atom stereocenters. The van der Waals surface area contributed by atoms with Crippen LogP contribution in [-0.2, 0) is 10.8 Å². The number of nitrogens with zero attached hydrogens (tertiary/aromatic N) is 1. The maximum absolute atomic E-state index is 2.71. The highest BCUT2D eigenvalue weighted by Gasteiger charge is 2.53. The van der Waals surface area contributed by atoms with E-state index in [1.807, 2.05) is 0 Å². The highest BCUT2D eigenvalue weighted by atomic mass is 15.2. The van der Waals surface area contributed by atoms with Gasteiger partial charge >= 0.3 is 0 Å². The van der Waals surface area contributed by atoms with Crippen LogP contribution in [0.25, 0.3) is 87.6 Å². The molecule has 0 aliphatic heterocycles. The fraction of sp³-hybridized carbons (Fsp3) is 0.0857. The topological polar surface area (TPSA) is 3.24 Å². The van der Waals surface area contributed by atoms with E-state index in [-0.39, 0.29) is 5.41 Å². The summed E-state index contributed by atoms with van der Waals surface area (Å²) in [4.78, 5) is 2.71. The molecule has 0 atom stereocenters. The highest BCUT2D eigenvalue weighted by molar-refractivity contribution is 6.26. The Morgan fingerprint density at radius 2 is 0.803 bits per heavy atom. The van der Waals surface area contributed by atoms with E-state index in [0.29, 0.717) is 0 Å². The number of benzene rings is 12. The van der Waals surface area contributed by atoms with Gasteiger partial charge in [0.2, 0.25) is 0 Å². The third-order valence-electron chi connectivity index (χ3n) is 17.4. The molecule has 1 nitrogen and oxygen atoms in total. The molecule has 1 saturated carbocycles. The van der Waals surface area contributed by atoms with E-state index in [0.717, 1.165) is 18.5 Å². The van der Waals surface area contributed by atoms with E-state index in [9.17, 15) is 0 Å². The molecule has 1 heteroatoms. The molecule has 4 aliphatic carbocycles. The Morgan fingerprint density at radius 3 is 1.45 bits per heavy atom. The average Bonchev–Trinajstić information content (AvgIpc) is 4.20. The van der Waals surface area contributed by atoms with E-state index in [2.05, 4.69) is 241 Å². The van der Waals surface area contributed by atoms with Crippen molar-refractivity contribution in [3.8, 4) is 44.5 Å². The molecule has 0 heterocycles. The minimum absolute atomic E-state index is 0.0822. The normalized spacial score (nSPS) is 15.0. The minimum Gasteiger partial charge on any atom is -0.310 e. The average molecular weight is 902 g/mol. The van der Waals surface area contributed by atoms with Crippen LogP contribution in [0.15, 0.2) is 237 Å². The van der Waals surface area contributed by atoms with Crippen molar-refractivity contribution < 1.29 is 0 Å². The minimum atomic E-state index is -0.512. The summed E-state index contributed by atoms with van der Waals surface area (Å²) in [7, 11) is 0. The maximum atomic E-state index is 2.71. The predicted molar refractivity (Wildman–Crippen MR) is 298 cm³/mol. The molecule has 1 fully saturated rings. The van der Waals surface area contributed by atoms with E-state index >= 15 is 0 Å². The molecule has 0 amide bonds. The maximum Gasteiger partial charge on any atom is 0.0726 e. The molecule has 4 aliphatic rings. The number of rotatable bonds is 4. The molecule has 71 heavy (non-hydrogen) atoms. The van der Waals surface area contributed by atoms with Gasteiger partial charge < -0.3 is 4.90 Å². The van der Waals surface area contributed by atoms with Gasteiger partial charge in [-0.3, -0.25) is 0 Å². The van der Waals surface area contributed by atoms with E-state index in [1.54, 1.807) is 0 Å². The Morgan fingerprint density at radius 1 is 0.296 bits per heavy atom. The summed E-state index contributed by atoms with van der Waals surface area (Å²) in [6, 6.07) is 90.7. The fourth-order valence-electron chi connectivity index (χ4n) is 14.6. The van der Waals surface area contributed by atoms with Crippen molar-refractivity contribution in [1.29, 1.82) is 0 Å². The van der Waals surface area contributed by atoms with Crippen LogP contribution in [-0.4, -0.2) is 0 Å². The standard InChI is InChI=1S/C70H47N/c1-2-19-45-40-46(35-34-44(45)18-1)58-42-60-56-27-10-14-32-64(56)70(62-30-12-8-24-53(62)54-25-9-13-31-63(54)70)65(60)43-67(58)71(66-33-17-28-57-55-26-7-11-29-61(55)69(68(57)66)38-15-16-39-69)47-36-37-52-50-22-4-3-20-48(50)49-21-5-6-23-51(49)59(52)41-47/h1-14,17-37,40-43H,15-16,38-39H2. The molecule has 0 N–H and O–H groups in total. The largest absolute Gasteiger partial charge is 0.310 e. The number of anilines is 3. The molecule has 0 saturated heterocycles. The van der Waals surface area contributed by atoms with Crippen molar-refractivity contribution in [2.45, 2.75) is 36.5 Å². The zero-order chi connectivity index (χ0) is 46.4. The third kappa shape index (κ3) is 5.15. The molecule has 0 aromatic heterocycles. The Kier molecular flexibility index (Phi) is 8.04. The Balaban J connectivity index is 1.08. The van der Waals surface area contributed by atoms with Crippen LogP contribution < -0.4 is 4.90 Å². The Labute approximate surface area is 413 Å². The molecule has 332 valence electrons. The molecule has 12 aromatic carbocycles. The van der Waals surface area contributed by atoms with E-state index in [4.69, 9.17) is 0 Å². The van der Waals surface area contributed by atoms with Crippen LogP contribution in [0.3, 0.4) is 0 Å². The van der Waals surface area contributed by atoms with Gasteiger partial charge in [0.15, 0.2) is 0 Å². The summed E-state index contributed by atoms with van der Waals surface area (Å²) in [6.45, 7) is 0. The summed E-state index contributed by atoms with van der Waals surface area (Å²) < 4.78 is 0. The van der Waals surface area contributed by atoms with Crippen LogP contribution in [0, 0.1) is 0 Å². The van der Waals surface area contributed by atoms with Crippen LogP contribution >= 0.6 is 0 Å². The lowest BCUT2D eigenvalue weighted by Crippen LogP contribution is -2.27. The number of hydrogen-bond acceptors (Lipinski definition) is 1. The second-order valence-corrected chi connectivity index (χ2v) is 20.6. The molecule has 0 bridgehead atoms. The second-order valence-electron chi connectivity index (χ2n) is 20.6. The molecule has 2 spiro atoms. The quantitative estimate of drug-likeness (QED) is 0.159. The first-order valence-corrected chi connectivity index (χ1v) is 25.5. The molecule has 0 radical (unpaired) electrons. The van der Waals surface area contributed by atoms with Crippen molar-refractivity contribution in [3.63, 3.8) is 0 Å². The lowest BCUT2D eigenvalue weighted by molar-refractivity contribution is 0.550. The van der Waals surface area contributed by atoms with Gasteiger partial charge in [-0.2, -0.15) is 0 Å². The van der Waals surface area contributed by atoms with E-state index < -0.39 is 5.41 Å². The highest BCUT2D eigenvalue weighted by Crippen LogP contribution is 2.66. The van der Waals surface area contributed by atoms with Gasteiger partial charge in [-0.1, -0.05) is 213 Å². The number of hydrogen-bond donors (Lipinski definition) is 0. The summed E-state index contributed by atoms with van der Waals surface area (Å²) >= 11 is 0. The van der Waals surface area contributed by atoms with Gasteiger partial charge in [0.25, 0.3) is 0 Å². The summed E-state index contributed by atoms with van der Waals surface area (Å²) in [6.07, 6.45) is 4.73. The molecule has 12 aromatic rings. The van der Waals surface area contributed by atoms with Gasteiger partial charge in [-0.05, 0) is 165 Å².